The van der Waals surface area contributed by atoms with Crippen LogP contribution in [0.15, 0.2) is 12.1 Å². The Balaban J connectivity index is 1.48. The summed E-state index contributed by atoms with van der Waals surface area (Å²) in [5, 5.41) is 3.46. The number of benzene rings is 1. The Hall–Kier alpha value is -1.61. The molecule has 2 saturated heterocycles. The van der Waals surface area contributed by atoms with E-state index in [1.54, 1.807) is 19.2 Å². The van der Waals surface area contributed by atoms with Gasteiger partial charge in [0.05, 0.1) is 40.5 Å². The van der Waals surface area contributed by atoms with Crippen LogP contribution in [0.2, 0.25) is 5.02 Å². The minimum atomic E-state index is -0.230. The largest absolute Gasteiger partial charge is 0.496 e. The van der Waals surface area contributed by atoms with Gasteiger partial charge in [-0.3, -0.25) is 4.79 Å². The number of amides is 1. The number of nitrogens with zero attached hydrogens (tertiary/aromatic N) is 2. The average Bonchev–Trinajstić information content (AvgIpc) is 2.86. The number of thiocarbonyl (C=S) groups is 1. The van der Waals surface area contributed by atoms with Gasteiger partial charge in [0.2, 0.25) is 0 Å². The Labute approximate surface area is 220 Å². The smallest absolute Gasteiger partial charge is 0.255 e. The second-order valence-corrected chi connectivity index (χ2v) is 10.6. The lowest BCUT2D eigenvalue weighted by Gasteiger charge is -2.41. The molecule has 3 N–H and O–H groups in total. The number of likely N-dealkylation sites (tertiary alicyclic amines) is 2. The number of hydrogen-bond acceptors (Lipinski definition) is 6. The molecule has 0 aromatic heterocycles. The monoisotopic (exact) mass is 524 g/mol. The van der Waals surface area contributed by atoms with Gasteiger partial charge in [-0.05, 0) is 44.1 Å². The van der Waals surface area contributed by atoms with Crippen LogP contribution in [-0.2, 0) is 4.74 Å². The second-order valence-electron chi connectivity index (χ2n) is 9.76. The quantitative estimate of drug-likeness (QED) is 0.267. The van der Waals surface area contributed by atoms with Gasteiger partial charge in [-0.1, -0.05) is 43.6 Å². The molecule has 1 amide bonds. The first-order valence-corrected chi connectivity index (χ1v) is 13.6. The van der Waals surface area contributed by atoms with Gasteiger partial charge in [0, 0.05) is 45.9 Å². The van der Waals surface area contributed by atoms with E-state index < -0.39 is 0 Å². The number of carbonyl (C=O) groups is 1. The highest BCUT2D eigenvalue weighted by Gasteiger charge is 2.33. The molecule has 2 aliphatic heterocycles. The fourth-order valence-electron chi connectivity index (χ4n) is 5.13. The number of nitrogens with one attached hydrogen (secondary N) is 1. The molecule has 0 aliphatic carbocycles. The maximum absolute atomic E-state index is 13.0. The molecule has 35 heavy (non-hydrogen) atoms. The molecule has 2 fully saturated rings. The van der Waals surface area contributed by atoms with E-state index >= 15 is 0 Å². The first kappa shape index (κ1) is 28.0. The molecule has 7 nitrogen and oxygen atoms in total. The molecule has 2 atom stereocenters. The zero-order valence-corrected chi connectivity index (χ0v) is 22.9. The van der Waals surface area contributed by atoms with Crippen molar-refractivity contribution < 1.29 is 14.3 Å². The van der Waals surface area contributed by atoms with E-state index in [0.717, 1.165) is 50.6 Å². The molecule has 1 aromatic carbocycles. The van der Waals surface area contributed by atoms with Crippen molar-refractivity contribution in [2.75, 3.05) is 52.7 Å². The van der Waals surface area contributed by atoms with Crippen LogP contribution in [-0.4, -0.2) is 79.8 Å². The lowest BCUT2D eigenvalue weighted by molar-refractivity contribution is -0.000286. The summed E-state index contributed by atoms with van der Waals surface area (Å²) in [7, 11) is 3.23. The summed E-state index contributed by atoms with van der Waals surface area (Å²) in [5.74, 6) is 0.855. The molecule has 2 unspecified atom stereocenters. The predicted octanol–water partition coefficient (Wildman–Crippen LogP) is 4.37. The van der Waals surface area contributed by atoms with Gasteiger partial charge in [-0.15, -0.1) is 0 Å². The zero-order valence-electron chi connectivity index (χ0n) is 21.4. The summed E-state index contributed by atoms with van der Waals surface area (Å²) in [4.78, 5) is 19.1. The van der Waals surface area contributed by atoms with Crippen molar-refractivity contribution in [2.45, 2.75) is 64.0 Å². The normalized spacial score (nSPS) is 21.7. The van der Waals surface area contributed by atoms with E-state index in [1.807, 2.05) is 0 Å². The molecule has 1 aromatic rings. The van der Waals surface area contributed by atoms with E-state index in [9.17, 15) is 4.79 Å². The Kier molecular flexibility index (Phi) is 10.9. The lowest BCUT2D eigenvalue weighted by Crippen LogP contribution is -2.55. The second kappa shape index (κ2) is 13.6. The lowest BCUT2D eigenvalue weighted by atomic mass is 9.93. The van der Waals surface area contributed by atoms with Crippen LogP contribution in [0, 0.1) is 5.92 Å². The summed E-state index contributed by atoms with van der Waals surface area (Å²) in [6.45, 7) is 7.17. The first-order valence-electron chi connectivity index (χ1n) is 12.8. The molecule has 0 radical (unpaired) electrons. The van der Waals surface area contributed by atoms with Gasteiger partial charge >= 0.3 is 0 Å². The standard InChI is InChI=1S/C26H41ClN4O3S/c1-4-5-6-7-25(35)31-12-8-18(9-13-31)16-30-11-10-22(24(17-30)34-3)29-26(32)19-14-20(27)21(28)15-23(19)33-2/h14-15,18,22,24H,4-13,16-17,28H2,1-3H3,(H,29,32). The van der Waals surface area contributed by atoms with Crippen molar-refractivity contribution in [1.29, 1.82) is 0 Å². The Morgan fingerprint density at radius 3 is 2.60 bits per heavy atom. The van der Waals surface area contributed by atoms with Gasteiger partial charge in [-0.25, -0.2) is 0 Å². The summed E-state index contributed by atoms with van der Waals surface area (Å²) < 4.78 is 11.1. The van der Waals surface area contributed by atoms with Crippen molar-refractivity contribution in [1.82, 2.24) is 15.1 Å². The number of carbonyl (C=O) groups excluding carboxylic acids is 1. The fourth-order valence-corrected chi connectivity index (χ4v) is 5.62. The number of nitrogen functional groups attached to an aromatic ring is 1. The van der Waals surface area contributed by atoms with E-state index in [4.69, 9.17) is 39.0 Å². The number of ether oxygens (including phenoxy) is 2. The minimum absolute atomic E-state index is 0.0748. The summed E-state index contributed by atoms with van der Waals surface area (Å²) in [5.41, 5.74) is 6.61. The van der Waals surface area contributed by atoms with E-state index in [0.29, 0.717) is 27.9 Å². The number of piperidine rings is 2. The molecule has 2 aliphatic rings. The third-order valence-corrected chi connectivity index (χ3v) is 8.09. The van der Waals surface area contributed by atoms with Gasteiger partial charge in [0.1, 0.15) is 5.75 Å². The number of hydrogen-bond donors (Lipinski definition) is 2. The molecule has 0 saturated carbocycles. The zero-order chi connectivity index (χ0) is 25.4. The first-order chi connectivity index (χ1) is 16.9. The fraction of sp³-hybridized carbons (Fsp3) is 0.692. The van der Waals surface area contributed by atoms with Crippen molar-refractivity contribution in [3.63, 3.8) is 0 Å². The van der Waals surface area contributed by atoms with Crippen LogP contribution in [0.3, 0.4) is 0 Å². The topological polar surface area (TPSA) is 80.1 Å². The average molecular weight is 525 g/mol. The number of nitrogens with two attached hydrogens (primary N) is 1. The van der Waals surface area contributed by atoms with Crippen LogP contribution in [0.25, 0.3) is 0 Å². The molecular formula is C26H41ClN4O3S. The van der Waals surface area contributed by atoms with Crippen LogP contribution in [0.4, 0.5) is 5.69 Å². The van der Waals surface area contributed by atoms with Crippen LogP contribution < -0.4 is 15.8 Å². The number of rotatable bonds is 10. The number of anilines is 1. The van der Waals surface area contributed by atoms with E-state index in [2.05, 4.69) is 22.0 Å². The van der Waals surface area contributed by atoms with Gasteiger partial charge in [-0.2, -0.15) is 0 Å². The maximum Gasteiger partial charge on any atom is 0.255 e. The molecule has 3 rings (SSSR count). The highest BCUT2D eigenvalue weighted by atomic mass is 35.5. The number of methoxy groups -OCH3 is 2. The number of unbranched alkanes of at least 4 members (excludes halogenated alkanes) is 2. The van der Waals surface area contributed by atoms with E-state index in [-0.39, 0.29) is 18.1 Å². The van der Waals surface area contributed by atoms with Crippen molar-refractivity contribution in [3.05, 3.63) is 22.7 Å². The molecule has 0 bridgehead atoms. The third kappa shape index (κ3) is 7.68. The predicted molar refractivity (Wildman–Crippen MR) is 147 cm³/mol. The molecule has 2 heterocycles. The highest BCUT2D eigenvalue weighted by molar-refractivity contribution is 7.80. The van der Waals surface area contributed by atoms with Crippen LogP contribution in [0.5, 0.6) is 5.75 Å². The van der Waals surface area contributed by atoms with Gasteiger partial charge in [0.15, 0.2) is 0 Å². The van der Waals surface area contributed by atoms with Gasteiger partial charge < -0.3 is 30.3 Å². The van der Waals surface area contributed by atoms with Crippen molar-refractivity contribution in [3.8, 4) is 5.75 Å². The SMILES string of the molecule is CCCCCC(=S)N1CCC(CN2CCC(NC(=O)c3cc(Cl)c(N)cc3OC)C(OC)C2)CC1. The Morgan fingerprint density at radius 2 is 1.94 bits per heavy atom. The molecule has 9 heteroatoms. The van der Waals surface area contributed by atoms with Crippen LogP contribution >= 0.6 is 23.8 Å². The summed E-state index contributed by atoms with van der Waals surface area (Å²) >= 11 is 11.8. The van der Waals surface area contributed by atoms with Gasteiger partial charge in [0.25, 0.3) is 5.91 Å². The molecule has 196 valence electrons. The van der Waals surface area contributed by atoms with Crippen molar-refractivity contribution in [2.24, 2.45) is 5.92 Å². The summed E-state index contributed by atoms with van der Waals surface area (Å²) in [6, 6.07) is 3.06. The highest BCUT2D eigenvalue weighted by Crippen LogP contribution is 2.29. The third-order valence-electron chi connectivity index (χ3n) is 7.30. The number of halogens is 1. The molecular weight excluding hydrogens is 484 g/mol. The summed E-state index contributed by atoms with van der Waals surface area (Å²) in [6.07, 6.45) is 7.87. The Morgan fingerprint density at radius 1 is 1.20 bits per heavy atom. The maximum atomic E-state index is 13.0. The van der Waals surface area contributed by atoms with Crippen molar-refractivity contribution >= 4 is 40.4 Å². The molecule has 0 spiro atoms. The van der Waals surface area contributed by atoms with E-state index in [1.165, 1.54) is 39.2 Å². The minimum Gasteiger partial charge on any atom is -0.496 e. The van der Waals surface area contributed by atoms with Crippen LogP contribution in [0.1, 0.15) is 62.2 Å². The Bertz CT molecular complexity index is 863.